The summed E-state index contributed by atoms with van der Waals surface area (Å²) in [5.41, 5.74) is 2.83. The van der Waals surface area contributed by atoms with Crippen LogP contribution in [0.1, 0.15) is 11.4 Å². The molecule has 0 aliphatic heterocycles. The normalized spacial score (nSPS) is 11.1. The Morgan fingerprint density at radius 3 is 2.74 bits per heavy atom. The van der Waals surface area contributed by atoms with Gasteiger partial charge in [-0.3, -0.25) is 0 Å². The van der Waals surface area contributed by atoms with Crippen molar-refractivity contribution in [2.75, 3.05) is 0 Å². The molecule has 0 radical (unpaired) electrons. The number of hydrogen-bond donors (Lipinski definition) is 0. The van der Waals surface area contributed by atoms with E-state index < -0.39 is 0 Å². The number of hydrogen-bond acceptors (Lipinski definition) is 1. The molecule has 1 aromatic heterocycles. The highest BCUT2D eigenvalue weighted by Crippen LogP contribution is 2.19. The first-order valence-electron chi connectivity index (χ1n) is 6.02. The van der Waals surface area contributed by atoms with E-state index in [0.29, 0.717) is 12.4 Å². The molecule has 3 aromatic rings. The molecule has 1 heterocycles. The van der Waals surface area contributed by atoms with Gasteiger partial charge < -0.3 is 4.57 Å². The maximum atomic E-state index is 13.2. The second kappa shape index (κ2) is 5.02. The number of rotatable bonds is 3. The van der Waals surface area contributed by atoms with Gasteiger partial charge in [-0.05, 0) is 29.8 Å². The van der Waals surface area contributed by atoms with Crippen molar-refractivity contribution in [3.63, 3.8) is 0 Å². The topological polar surface area (TPSA) is 17.8 Å². The summed E-state index contributed by atoms with van der Waals surface area (Å²) in [5, 5.41) is 0. The van der Waals surface area contributed by atoms with Crippen molar-refractivity contribution in [3.05, 3.63) is 65.7 Å². The van der Waals surface area contributed by atoms with Crippen LogP contribution in [0.3, 0.4) is 0 Å². The van der Waals surface area contributed by atoms with Crippen molar-refractivity contribution in [1.82, 2.24) is 9.55 Å². The molecule has 0 atom stereocenters. The van der Waals surface area contributed by atoms with E-state index in [1.165, 1.54) is 12.1 Å². The molecular formula is C15H12ClFN2. The average molecular weight is 275 g/mol. The molecule has 19 heavy (non-hydrogen) atoms. The smallest absolute Gasteiger partial charge is 0.125 e. The molecule has 0 unspecified atom stereocenters. The summed E-state index contributed by atoms with van der Waals surface area (Å²) in [5.74, 6) is 0.908. The molecule has 0 spiro atoms. The van der Waals surface area contributed by atoms with Crippen LogP contribution in [0.2, 0.25) is 0 Å². The van der Waals surface area contributed by atoms with E-state index in [4.69, 9.17) is 11.6 Å². The lowest BCUT2D eigenvalue weighted by Crippen LogP contribution is -2.04. The Hall–Kier alpha value is -1.87. The Labute approximate surface area is 115 Å². The van der Waals surface area contributed by atoms with Gasteiger partial charge in [-0.25, -0.2) is 9.37 Å². The highest BCUT2D eigenvalue weighted by molar-refractivity contribution is 6.16. The lowest BCUT2D eigenvalue weighted by atomic mass is 10.2. The fraction of sp³-hybridized carbons (Fsp3) is 0.133. The largest absolute Gasteiger partial charge is 0.322 e. The number of alkyl halides is 1. The van der Waals surface area contributed by atoms with E-state index in [1.807, 2.05) is 34.9 Å². The monoisotopic (exact) mass is 274 g/mol. The van der Waals surface area contributed by atoms with Gasteiger partial charge in [0.25, 0.3) is 0 Å². The van der Waals surface area contributed by atoms with Crippen LogP contribution in [0.25, 0.3) is 11.0 Å². The number of nitrogens with zero attached hydrogens (tertiary/aromatic N) is 2. The summed E-state index contributed by atoms with van der Waals surface area (Å²) in [6, 6.07) is 14.4. The van der Waals surface area contributed by atoms with Crippen LogP contribution >= 0.6 is 11.6 Å². The Bertz CT molecular complexity index is 721. The number of halogens is 2. The highest BCUT2D eigenvalue weighted by atomic mass is 35.5. The molecule has 0 N–H and O–H groups in total. The quantitative estimate of drug-likeness (QED) is 0.661. The fourth-order valence-corrected chi connectivity index (χ4v) is 2.43. The van der Waals surface area contributed by atoms with E-state index in [0.717, 1.165) is 22.4 Å². The molecule has 96 valence electrons. The standard InChI is InChI=1S/C15H12ClFN2/c16-9-15-18-13-6-1-2-7-14(13)19(15)10-11-4-3-5-12(17)8-11/h1-8H,9-10H2. The molecule has 2 nitrogen and oxygen atoms in total. The molecule has 0 aliphatic carbocycles. The van der Waals surface area contributed by atoms with Crippen molar-refractivity contribution < 1.29 is 4.39 Å². The molecule has 0 amide bonds. The molecule has 4 heteroatoms. The van der Waals surface area contributed by atoms with Gasteiger partial charge in [0.2, 0.25) is 0 Å². The van der Waals surface area contributed by atoms with E-state index >= 15 is 0 Å². The first-order chi connectivity index (χ1) is 9.28. The van der Waals surface area contributed by atoms with Gasteiger partial charge in [0.1, 0.15) is 11.6 Å². The van der Waals surface area contributed by atoms with Gasteiger partial charge in [-0.15, -0.1) is 11.6 Å². The summed E-state index contributed by atoms with van der Waals surface area (Å²) in [4.78, 5) is 4.49. The van der Waals surface area contributed by atoms with Crippen molar-refractivity contribution in [2.24, 2.45) is 0 Å². The zero-order valence-electron chi connectivity index (χ0n) is 10.2. The maximum Gasteiger partial charge on any atom is 0.125 e. The van der Waals surface area contributed by atoms with Crippen LogP contribution in [0.15, 0.2) is 48.5 Å². The molecule has 3 rings (SSSR count). The predicted octanol–water partition coefficient (Wildman–Crippen LogP) is 3.96. The van der Waals surface area contributed by atoms with Crippen molar-refractivity contribution in [1.29, 1.82) is 0 Å². The molecule has 0 bridgehead atoms. The van der Waals surface area contributed by atoms with E-state index in [9.17, 15) is 4.39 Å². The highest BCUT2D eigenvalue weighted by Gasteiger charge is 2.09. The summed E-state index contributed by atoms with van der Waals surface area (Å²) in [6.07, 6.45) is 0. The summed E-state index contributed by atoms with van der Waals surface area (Å²) in [6.45, 7) is 0.570. The van der Waals surface area contributed by atoms with Crippen molar-refractivity contribution in [2.45, 2.75) is 12.4 Å². The van der Waals surface area contributed by atoms with Gasteiger partial charge in [0.15, 0.2) is 0 Å². The zero-order valence-corrected chi connectivity index (χ0v) is 10.9. The molecule has 0 aliphatic rings. The summed E-state index contributed by atoms with van der Waals surface area (Å²) < 4.78 is 15.3. The lowest BCUT2D eigenvalue weighted by molar-refractivity contribution is 0.623. The Morgan fingerprint density at radius 2 is 1.95 bits per heavy atom. The van der Waals surface area contributed by atoms with Crippen molar-refractivity contribution in [3.8, 4) is 0 Å². The van der Waals surface area contributed by atoms with E-state index in [1.54, 1.807) is 6.07 Å². The van der Waals surface area contributed by atoms with Gasteiger partial charge in [0.05, 0.1) is 16.9 Å². The van der Waals surface area contributed by atoms with Crippen LogP contribution in [0.5, 0.6) is 0 Å². The number of para-hydroxylation sites is 2. The summed E-state index contributed by atoms with van der Waals surface area (Å²) in [7, 11) is 0. The predicted molar refractivity (Wildman–Crippen MR) is 74.8 cm³/mol. The second-order valence-electron chi connectivity index (χ2n) is 4.37. The minimum absolute atomic E-state index is 0.227. The van der Waals surface area contributed by atoms with Crippen molar-refractivity contribution >= 4 is 22.6 Å². The SMILES string of the molecule is Fc1cccc(Cn2c(CCl)nc3ccccc32)c1. The van der Waals surface area contributed by atoms with Gasteiger partial charge in [-0.2, -0.15) is 0 Å². The van der Waals surface area contributed by atoms with Gasteiger partial charge in [-0.1, -0.05) is 24.3 Å². The fourth-order valence-electron chi connectivity index (χ4n) is 2.22. The molecule has 0 saturated carbocycles. The second-order valence-corrected chi connectivity index (χ2v) is 4.63. The van der Waals surface area contributed by atoms with Crippen LogP contribution < -0.4 is 0 Å². The molecule has 2 aromatic carbocycles. The third kappa shape index (κ3) is 2.34. The number of imidazole rings is 1. The van der Waals surface area contributed by atoms with E-state index in [2.05, 4.69) is 4.98 Å². The third-order valence-electron chi connectivity index (χ3n) is 3.08. The van der Waals surface area contributed by atoms with Crippen LogP contribution in [-0.4, -0.2) is 9.55 Å². The number of fused-ring (bicyclic) bond motifs is 1. The molecule has 0 fully saturated rings. The minimum atomic E-state index is -0.227. The average Bonchev–Trinajstić information content (AvgIpc) is 2.77. The van der Waals surface area contributed by atoms with Gasteiger partial charge in [0, 0.05) is 6.54 Å². The summed E-state index contributed by atoms with van der Waals surface area (Å²) >= 11 is 5.94. The Morgan fingerprint density at radius 1 is 1.11 bits per heavy atom. The number of aromatic nitrogens is 2. The minimum Gasteiger partial charge on any atom is -0.322 e. The number of benzene rings is 2. The lowest BCUT2D eigenvalue weighted by Gasteiger charge is -2.08. The first-order valence-corrected chi connectivity index (χ1v) is 6.56. The Balaban J connectivity index is 2.08. The van der Waals surface area contributed by atoms with Crippen LogP contribution in [-0.2, 0) is 12.4 Å². The maximum absolute atomic E-state index is 13.2. The van der Waals surface area contributed by atoms with E-state index in [-0.39, 0.29) is 5.82 Å². The van der Waals surface area contributed by atoms with Crippen LogP contribution in [0.4, 0.5) is 4.39 Å². The Kier molecular flexibility index (Phi) is 3.22. The van der Waals surface area contributed by atoms with Gasteiger partial charge >= 0.3 is 0 Å². The molecule has 0 saturated heterocycles. The molecular weight excluding hydrogens is 263 g/mol. The van der Waals surface area contributed by atoms with Crippen LogP contribution in [0, 0.1) is 5.82 Å². The first kappa shape index (κ1) is 12.2. The third-order valence-corrected chi connectivity index (χ3v) is 3.32. The zero-order chi connectivity index (χ0) is 13.2.